The monoisotopic (exact) mass is 386 g/mol. The molecule has 0 aromatic heterocycles. The summed E-state index contributed by atoms with van der Waals surface area (Å²) in [5, 5.41) is -4.60. The normalized spacial score (nSPS) is 26.0. The van der Waals surface area contributed by atoms with Gasteiger partial charge in [0.2, 0.25) is 0 Å². The van der Waals surface area contributed by atoms with Crippen LogP contribution in [0, 0.1) is 0 Å². The molecule has 0 saturated heterocycles. The van der Waals surface area contributed by atoms with Crippen LogP contribution in [0.3, 0.4) is 0 Å². The third-order valence-electron chi connectivity index (χ3n) is 4.22. The van der Waals surface area contributed by atoms with Gasteiger partial charge in [-0.25, -0.2) is 22.0 Å². The molecule has 2 aromatic carbocycles. The van der Waals surface area contributed by atoms with Crippen LogP contribution in [0.25, 0.3) is 0 Å². The highest BCUT2D eigenvalue weighted by atomic mass is 31.2. The lowest BCUT2D eigenvalue weighted by Gasteiger charge is -2.37. The number of rotatable bonds is 3. The number of allylic oxidation sites excluding steroid dienone is 4. The SMILES string of the molecule is O=P(O)(c1ccccc1)C1(F)C(F)=C(F)C(F)=C(F)C1c1ccccc1. The largest absolute Gasteiger partial charge is 0.339 e. The highest BCUT2D eigenvalue weighted by Gasteiger charge is 2.64. The molecule has 0 amide bonds. The minimum absolute atomic E-state index is 0.310. The number of alkyl halides is 1. The van der Waals surface area contributed by atoms with Gasteiger partial charge in [0.25, 0.3) is 12.8 Å². The summed E-state index contributed by atoms with van der Waals surface area (Å²) in [4.78, 5) is 10.4. The van der Waals surface area contributed by atoms with Crippen LogP contribution < -0.4 is 5.30 Å². The fraction of sp³-hybridized carbons (Fsp3) is 0.111. The Kier molecular flexibility index (Phi) is 4.63. The van der Waals surface area contributed by atoms with Crippen molar-refractivity contribution in [2.45, 2.75) is 11.3 Å². The van der Waals surface area contributed by atoms with Crippen LogP contribution >= 0.6 is 7.37 Å². The number of benzene rings is 2. The third-order valence-corrected chi connectivity index (χ3v) is 6.55. The van der Waals surface area contributed by atoms with E-state index >= 15 is 4.39 Å². The van der Waals surface area contributed by atoms with Gasteiger partial charge in [-0.2, -0.15) is 0 Å². The molecule has 26 heavy (non-hydrogen) atoms. The van der Waals surface area contributed by atoms with Crippen LogP contribution in [-0.2, 0) is 4.57 Å². The molecule has 0 spiro atoms. The van der Waals surface area contributed by atoms with E-state index in [-0.39, 0.29) is 5.56 Å². The highest BCUT2D eigenvalue weighted by Crippen LogP contribution is 2.68. The van der Waals surface area contributed by atoms with Crippen LogP contribution in [-0.4, -0.2) is 10.3 Å². The second kappa shape index (κ2) is 6.49. The second-order valence-corrected chi connectivity index (χ2v) is 8.04. The van der Waals surface area contributed by atoms with Crippen LogP contribution in [0.4, 0.5) is 22.0 Å². The van der Waals surface area contributed by atoms with Crippen LogP contribution in [0.5, 0.6) is 0 Å². The van der Waals surface area contributed by atoms with Gasteiger partial charge in [0.15, 0.2) is 23.3 Å². The van der Waals surface area contributed by atoms with E-state index < -0.39 is 47.3 Å². The molecule has 0 fully saturated rings. The van der Waals surface area contributed by atoms with Crippen molar-refractivity contribution in [1.82, 2.24) is 0 Å². The lowest BCUT2D eigenvalue weighted by molar-refractivity contribution is 0.186. The molecular weight excluding hydrogens is 374 g/mol. The summed E-state index contributed by atoms with van der Waals surface area (Å²) in [5.41, 5.74) is -0.310. The Morgan fingerprint density at radius 2 is 1.35 bits per heavy atom. The molecule has 3 unspecified atom stereocenters. The van der Waals surface area contributed by atoms with E-state index in [0.717, 1.165) is 24.3 Å². The quantitative estimate of drug-likeness (QED) is 0.571. The van der Waals surface area contributed by atoms with Gasteiger partial charge in [-0.1, -0.05) is 48.5 Å². The summed E-state index contributed by atoms with van der Waals surface area (Å²) in [5.74, 6) is -11.6. The summed E-state index contributed by atoms with van der Waals surface area (Å²) in [6, 6.07) is 12.5. The summed E-state index contributed by atoms with van der Waals surface area (Å²) < 4.78 is 85.3. The van der Waals surface area contributed by atoms with E-state index in [1.54, 1.807) is 0 Å². The predicted octanol–water partition coefficient (Wildman–Crippen LogP) is 5.35. The van der Waals surface area contributed by atoms with Gasteiger partial charge in [0.1, 0.15) is 0 Å². The molecule has 1 N–H and O–H groups in total. The number of hydrogen-bond acceptors (Lipinski definition) is 1. The summed E-state index contributed by atoms with van der Waals surface area (Å²) in [6.45, 7) is 0. The zero-order valence-corrected chi connectivity index (χ0v) is 13.9. The molecule has 1 aliphatic rings. The molecule has 136 valence electrons. The Hall–Kier alpha value is -2.24. The smallest absolute Gasteiger partial charge is 0.273 e. The molecule has 0 bridgehead atoms. The van der Waals surface area contributed by atoms with Gasteiger partial charge in [-0.15, -0.1) is 0 Å². The fourth-order valence-corrected chi connectivity index (χ4v) is 4.84. The molecule has 2 nitrogen and oxygen atoms in total. The topological polar surface area (TPSA) is 37.3 Å². The van der Waals surface area contributed by atoms with Crippen molar-refractivity contribution in [3.63, 3.8) is 0 Å². The van der Waals surface area contributed by atoms with Crippen molar-refractivity contribution in [1.29, 1.82) is 0 Å². The Labute approximate surface area is 145 Å². The minimum atomic E-state index is -5.39. The minimum Gasteiger partial charge on any atom is -0.339 e. The van der Waals surface area contributed by atoms with Crippen LogP contribution in [0.2, 0.25) is 0 Å². The van der Waals surface area contributed by atoms with E-state index in [9.17, 15) is 27.0 Å². The zero-order chi connectivity index (χ0) is 19.1. The molecule has 0 heterocycles. The van der Waals surface area contributed by atoms with Crippen LogP contribution in [0.15, 0.2) is 84.0 Å². The molecule has 0 radical (unpaired) electrons. The zero-order valence-electron chi connectivity index (χ0n) is 13.0. The first-order chi connectivity index (χ1) is 12.2. The van der Waals surface area contributed by atoms with E-state index in [2.05, 4.69) is 0 Å². The summed E-state index contributed by atoms with van der Waals surface area (Å²) in [7, 11) is -5.39. The molecule has 1 aliphatic carbocycles. The van der Waals surface area contributed by atoms with Gasteiger partial charge < -0.3 is 4.89 Å². The van der Waals surface area contributed by atoms with E-state index in [4.69, 9.17) is 0 Å². The highest BCUT2D eigenvalue weighted by molar-refractivity contribution is 7.67. The van der Waals surface area contributed by atoms with Gasteiger partial charge in [0.05, 0.1) is 5.92 Å². The maximum Gasteiger partial charge on any atom is 0.273 e. The first-order valence-electron chi connectivity index (χ1n) is 7.46. The van der Waals surface area contributed by atoms with Crippen molar-refractivity contribution >= 4 is 12.7 Å². The first-order valence-corrected chi connectivity index (χ1v) is 9.12. The Morgan fingerprint density at radius 3 is 1.88 bits per heavy atom. The Morgan fingerprint density at radius 1 is 0.846 bits per heavy atom. The molecule has 0 saturated carbocycles. The average Bonchev–Trinajstić information content (AvgIpc) is 2.66. The van der Waals surface area contributed by atoms with Crippen molar-refractivity contribution in [3.8, 4) is 0 Å². The lowest BCUT2D eigenvalue weighted by atomic mass is 9.87. The molecule has 8 heteroatoms. The summed E-state index contributed by atoms with van der Waals surface area (Å²) >= 11 is 0. The van der Waals surface area contributed by atoms with E-state index in [0.29, 0.717) is 0 Å². The van der Waals surface area contributed by atoms with E-state index in [1.165, 1.54) is 36.4 Å². The predicted molar refractivity (Wildman–Crippen MR) is 87.4 cm³/mol. The van der Waals surface area contributed by atoms with Crippen molar-refractivity contribution < 1.29 is 31.4 Å². The van der Waals surface area contributed by atoms with Gasteiger partial charge in [-0.05, 0) is 17.7 Å². The fourth-order valence-electron chi connectivity index (χ4n) is 2.92. The molecular formula is C18H12F5O2P. The lowest BCUT2D eigenvalue weighted by Crippen LogP contribution is -2.39. The van der Waals surface area contributed by atoms with Crippen molar-refractivity contribution in [2.24, 2.45) is 0 Å². The van der Waals surface area contributed by atoms with Crippen molar-refractivity contribution in [2.75, 3.05) is 0 Å². The standard InChI is InChI=1S/C18H12F5O2P/c19-14-13(11-7-3-1-4-8-11)18(23,17(22)16(21)15(14)20)26(24,25)12-9-5-2-6-10-12/h1-10,13H,(H,24,25). The third kappa shape index (κ3) is 2.54. The molecule has 3 atom stereocenters. The maximum atomic E-state index is 15.8. The Balaban J connectivity index is 2.33. The van der Waals surface area contributed by atoms with Gasteiger partial charge in [0, 0.05) is 5.30 Å². The van der Waals surface area contributed by atoms with Gasteiger partial charge in [-0.3, -0.25) is 4.57 Å². The van der Waals surface area contributed by atoms with Crippen LogP contribution in [0.1, 0.15) is 11.5 Å². The Bertz CT molecular complexity index is 943. The van der Waals surface area contributed by atoms with Crippen molar-refractivity contribution in [3.05, 3.63) is 89.5 Å². The second-order valence-electron chi connectivity index (χ2n) is 5.72. The average molecular weight is 386 g/mol. The molecule has 2 aromatic rings. The first kappa shape index (κ1) is 18.5. The number of halogens is 5. The van der Waals surface area contributed by atoms with E-state index in [1.807, 2.05) is 0 Å². The molecule has 0 aliphatic heterocycles. The summed E-state index contributed by atoms with van der Waals surface area (Å²) in [6.07, 6.45) is 0. The van der Waals surface area contributed by atoms with Gasteiger partial charge >= 0.3 is 0 Å². The maximum absolute atomic E-state index is 15.8. The molecule has 3 rings (SSSR count). The number of hydrogen-bond donors (Lipinski definition) is 1.